The molecule has 3 aromatic heterocycles. The minimum absolute atomic E-state index is 1.10. The number of nitrogens with zero attached hydrogens (tertiary/aromatic N) is 5. The second kappa shape index (κ2) is 13.8. The first-order valence-corrected chi connectivity index (χ1v) is 9.02. The summed E-state index contributed by atoms with van der Waals surface area (Å²) in [6.45, 7) is 8.11. The van der Waals surface area contributed by atoms with Gasteiger partial charge in [-0.25, -0.2) is 9.97 Å². The van der Waals surface area contributed by atoms with Crippen LogP contribution in [0.4, 0.5) is 0 Å². The predicted octanol–water partition coefficient (Wildman–Crippen LogP) is 4.90. The van der Waals surface area contributed by atoms with Crippen molar-refractivity contribution in [1.29, 1.82) is 0 Å². The molecule has 0 aliphatic heterocycles. The summed E-state index contributed by atoms with van der Waals surface area (Å²) in [7, 11) is 1.91. The molecule has 0 saturated heterocycles. The Hall–Kier alpha value is -3.34. The first-order chi connectivity index (χ1) is 13.5. The fourth-order valence-electron chi connectivity index (χ4n) is 1.88. The van der Waals surface area contributed by atoms with Gasteiger partial charge in [-0.15, -0.1) is 0 Å². The van der Waals surface area contributed by atoms with Gasteiger partial charge in [0.25, 0.3) is 0 Å². The zero-order valence-electron chi connectivity index (χ0n) is 17.3. The van der Waals surface area contributed by atoms with Crippen LogP contribution in [0.15, 0.2) is 86.0 Å². The van der Waals surface area contributed by atoms with Crippen LogP contribution in [0.1, 0.15) is 22.3 Å². The summed E-state index contributed by atoms with van der Waals surface area (Å²) in [5.74, 6) is 0. The van der Waals surface area contributed by atoms with Gasteiger partial charge in [-0.3, -0.25) is 9.67 Å². The average Bonchev–Trinajstić information content (AvgIpc) is 3.08. The molecule has 146 valence electrons. The van der Waals surface area contributed by atoms with Gasteiger partial charge in [0.15, 0.2) is 0 Å². The maximum atomic E-state index is 3.93. The normalized spacial score (nSPS) is 8.89. The van der Waals surface area contributed by atoms with Crippen molar-refractivity contribution in [1.82, 2.24) is 24.7 Å². The summed E-state index contributed by atoms with van der Waals surface area (Å²) in [6.07, 6.45) is 12.4. The molecule has 0 radical (unpaired) electrons. The largest absolute Gasteiger partial charge is 0.276 e. The Morgan fingerprint density at radius 3 is 1.43 bits per heavy atom. The molecule has 0 amide bonds. The molecule has 0 atom stereocenters. The summed E-state index contributed by atoms with van der Waals surface area (Å²) < 4.78 is 1.79. The van der Waals surface area contributed by atoms with Crippen molar-refractivity contribution in [3.05, 3.63) is 108 Å². The molecule has 3 heterocycles. The monoisotopic (exact) mass is 375 g/mol. The summed E-state index contributed by atoms with van der Waals surface area (Å²) in [5.41, 5.74) is 4.89. The minimum atomic E-state index is 1.10. The Morgan fingerprint density at radius 1 is 0.607 bits per heavy atom. The molecule has 5 heteroatoms. The number of benzene rings is 1. The van der Waals surface area contributed by atoms with E-state index in [-0.39, 0.29) is 0 Å². The summed E-state index contributed by atoms with van der Waals surface area (Å²) in [5, 5.41) is 3.93. The van der Waals surface area contributed by atoms with E-state index in [1.165, 1.54) is 23.0 Å². The van der Waals surface area contributed by atoms with Gasteiger partial charge in [0.05, 0.1) is 6.20 Å². The molecule has 0 aliphatic rings. The number of rotatable bonds is 0. The third-order valence-corrected chi connectivity index (χ3v) is 3.31. The van der Waals surface area contributed by atoms with E-state index in [2.05, 4.69) is 39.1 Å². The molecule has 4 rings (SSSR count). The zero-order chi connectivity index (χ0) is 20.6. The average molecular weight is 376 g/mol. The zero-order valence-corrected chi connectivity index (χ0v) is 17.3. The number of hydrogen-bond donors (Lipinski definition) is 0. The van der Waals surface area contributed by atoms with Gasteiger partial charge in [-0.05, 0) is 56.5 Å². The highest BCUT2D eigenvalue weighted by molar-refractivity contribution is 5.11. The molecule has 0 bridgehead atoms. The van der Waals surface area contributed by atoms with E-state index in [0.29, 0.717) is 0 Å². The van der Waals surface area contributed by atoms with Crippen molar-refractivity contribution in [2.24, 2.45) is 7.05 Å². The molecule has 1 aromatic carbocycles. The van der Waals surface area contributed by atoms with Crippen LogP contribution in [0.5, 0.6) is 0 Å². The second-order valence-corrected chi connectivity index (χ2v) is 6.29. The first-order valence-electron chi connectivity index (χ1n) is 9.02. The molecule has 28 heavy (non-hydrogen) atoms. The highest BCUT2D eigenvalue weighted by Crippen LogP contribution is 1.92. The van der Waals surface area contributed by atoms with Crippen molar-refractivity contribution in [3.8, 4) is 0 Å². The van der Waals surface area contributed by atoms with Crippen molar-refractivity contribution in [2.75, 3.05) is 0 Å². The Kier molecular flexibility index (Phi) is 11.2. The molecular formula is C23H29N5. The molecule has 4 aromatic rings. The van der Waals surface area contributed by atoms with Gasteiger partial charge >= 0.3 is 0 Å². The van der Waals surface area contributed by atoms with Crippen LogP contribution in [-0.2, 0) is 7.05 Å². The second-order valence-electron chi connectivity index (χ2n) is 6.29. The molecule has 5 nitrogen and oxygen atoms in total. The van der Waals surface area contributed by atoms with Crippen molar-refractivity contribution >= 4 is 0 Å². The lowest BCUT2D eigenvalue weighted by Gasteiger charge is -1.82. The first kappa shape index (κ1) is 22.7. The van der Waals surface area contributed by atoms with Crippen LogP contribution < -0.4 is 0 Å². The highest BCUT2D eigenvalue weighted by Gasteiger charge is 1.81. The van der Waals surface area contributed by atoms with E-state index in [4.69, 9.17) is 0 Å². The Morgan fingerprint density at radius 2 is 1.18 bits per heavy atom. The van der Waals surface area contributed by atoms with E-state index in [1.807, 2.05) is 70.5 Å². The third-order valence-electron chi connectivity index (χ3n) is 3.31. The number of aryl methyl sites for hydroxylation is 5. The smallest absolute Gasteiger partial charge is 0.115 e. The van der Waals surface area contributed by atoms with Gasteiger partial charge < -0.3 is 0 Å². The van der Waals surface area contributed by atoms with Gasteiger partial charge in [0.2, 0.25) is 0 Å². The van der Waals surface area contributed by atoms with Crippen molar-refractivity contribution in [3.63, 3.8) is 0 Å². The van der Waals surface area contributed by atoms with E-state index in [1.54, 1.807) is 29.5 Å². The van der Waals surface area contributed by atoms with E-state index in [9.17, 15) is 0 Å². The minimum Gasteiger partial charge on any atom is -0.276 e. The van der Waals surface area contributed by atoms with Crippen molar-refractivity contribution < 1.29 is 0 Å². The maximum absolute atomic E-state index is 3.93. The maximum Gasteiger partial charge on any atom is 0.115 e. The Bertz CT molecular complexity index is 754. The van der Waals surface area contributed by atoms with Crippen LogP contribution in [-0.4, -0.2) is 24.7 Å². The fourth-order valence-corrected chi connectivity index (χ4v) is 1.88. The number of pyridine rings is 1. The molecular weight excluding hydrogens is 346 g/mol. The van der Waals surface area contributed by atoms with Gasteiger partial charge in [-0.1, -0.05) is 35.9 Å². The molecule has 0 N–H and O–H groups in total. The SMILES string of the molecule is Cc1ccccc1.Cc1ccncc1.Cc1cncnc1.Cc1cnn(C)c1. The van der Waals surface area contributed by atoms with Crippen LogP contribution in [0, 0.1) is 27.7 Å². The number of hydrogen-bond acceptors (Lipinski definition) is 4. The lowest BCUT2D eigenvalue weighted by molar-refractivity contribution is 0.767. The fraction of sp³-hybridized carbons (Fsp3) is 0.217. The lowest BCUT2D eigenvalue weighted by Crippen LogP contribution is -1.83. The molecule has 0 saturated carbocycles. The Labute approximate surface area is 168 Å². The highest BCUT2D eigenvalue weighted by atomic mass is 15.2. The molecule has 0 spiro atoms. The van der Waals surface area contributed by atoms with Crippen LogP contribution in [0.25, 0.3) is 0 Å². The van der Waals surface area contributed by atoms with Gasteiger partial charge in [0.1, 0.15) is 6.33 Å². The van der Waals surface area contributed by atoms with E-state index < -0.39 is 0 Å². The molecule has 0 fully saturated rings. The lowest BCUT2D eigenvalue weighted by atomic mass is 10.2. The van der Waals surface area contributed by atoms with Crippen LogP contribution in [0.2, 0.25) is 0 Å². The van der Waals surface area contributed by atoms with Crippen LogP contribution in [0.3, 0.4) is 0 Å². The van der Waals surface area contributed by atoms with E-state index in [0.717, 1.165) is 5.56 Å². The van der Waals surface area contributed by atoms with Crippen LogP contribution >= 0.6 is 0 Å². The third kappa shape index (κ3) is 12.1. The van der Waals surface area contributed by atoms with Gasteiger partial charge in [-0.2, -0.15) is 5.10 Å². The predicted molar refractivity (Wildman–Crippen MR) is 115 cm³/mol. The summed E-state index contributed by atoms with van der Waals surface area (Å²) in [4.78, 5) is 11.4. The molecule has 0 aliphatic carbocycles. The topological polar surface area (TPSA) is 56.5 Å². The Balaban J connectivity index is 0.000000187. The standard InChI is InChI=1S/C7H8.C6H7N.C5H8N2.C5H6N2/c1-7-5-3-2-4-6-7;1-6-2-4-7-5-3-6;1-5-3-6-7(2)4-5;1-5-2-6-4-7-3-5/h2-6H,1H3;2-5H,1H3;3-4H,1-2H3;2-4H,1H3. The summed E-state index contributed by atoms with van der Waals surface area (Å²) in [6, 6.07) is 14.2. The van der Waals surface area contributed by atoms with Crippen molar-refractivity contribution in [2.45, 2.75) is 27.7 Å². The van der Waals surface area contributed by atoms with E-state index >= 15 is 0 Å². The van der Waals surface area contributed by atoms with Gasteiger partial charge in [0, 0.05) is 38.0 Å². The quantitative estimate of drug-likeness (QED) is 0.439. The summed E-state index contributed by atoms with van der Waals surface area (Å²) >= 11 is 0. The molecule has 0 unspecified atom stereocenters. The number of aromatic nitrogens is 5.